The molecule has 0 amide bonds. The van der Waals surface area contributed by atoms with Gasteiger partial charge in [0.15, 0.2) is 0 Å². The molecule has 0 aliphatic carbocycles. The Hall–Kier alpha value is -1.36. The monoisotopic (exact) mass is 282 g/mol. The number of hydrogen-bond acceptors (Lipinski definition) is 4. The third-order valence-corrected chi connectivity index (χ3v) is 3.00. The zero-order chi connectivity index (χ0) is 15.2. The Morgan fingerprint density at radius 3 is 2.60 bits per heavy atom. The van der Waals surface area contributed by atoms with Crippen LogP contribution in [0.4, 0.5) is 0 Å². The van der Waals surface area contributed by atoms with Gasteiger partial charge in [-0.2, -0.15) is 5.10 Å². The number of rotatable bonds is 7. The first-order valence-electron chi connectivity index (χ1n) is 7.14. The zero-order valence-electron chi connectivity index (χ0n) is 13.2. The Labute approximate surface area is 121 Å². The molecule has 0 bridgehead atoms. The summed E-state index contributed by atoms with van der Waals surface area (Å²) in [6, 6.07) is 1.84. The van der Waals surface area contributed by atoms with Gasteiger partial charge in [0.25, 0.3) is 0 Å². The minimum Gasteiger partial charge on any atom is -0.461 e. The zero-order valence-corrected chi connectivity index (χ0v) is 13.2. The average molecular weight is 282 g/mol. The molecular weight excluding hydrogens is 256 g/mol. The Morgan fingerprint density at radius 1 is 1.35 bits per heavy atom. The van der Waals surface area contributed by atoms with Crippen LogP contribution in [0.1, 0.15) is 56.7 Å². The Morgan fingerprint density at radius 2 is 2.05 bits per heavy atom. The third kappa shape index (κ3) is 4.63. The number of methoxy groups -OCH3 is 1. The van der Waals surface area contributed by atoms with E-state index in [1.165, 1.54) is 0 Å². The van der Waals surface area contributed by atoms with E-state index in [0.29, 0.717) is 18.8 Å². The predicted octanol–water partition coefficient (Wildman–Crippen LogP) is 2.78. The summed E-state index contributed by atoms with van der Waals surface area (Å²) >= 11 is 0. The van der Waals surface area contributed by atoms with Crippen molar-refractivity contribution >= 4 is 5.97 Å². The van der Waals surface area contributed by atoms with E-state index in [9.17, 15) is 4.79 Å². The van der Waals surface area contributed by atoms with Crippen LogP contribution in [-0.4, -0.2) is 36.1 Å². The van der Waals surface area contributed by atoms with Gasteiger partial charge in [-0.05, 0) is 25.8 Å². The van der Waals surface area contributed by atoms with Crippen LogP contribution in [0.3, 0.4) is 0 Å². The third-order valence-electron chi connectivity index (χ3n) is 3.00. The minimum atomic E-state index is -0.303. The van der Waals surface area contributed by atoms with E-state index in [2.05, 4.69) is 25.9 Å². The molecule has 0 spiro atoms. The molecule has 0 unspecified atom stereocenters. The van der Waals surface area contributed by atoms with Crippen molar-refractivity contribution < 1.29 is 14.3 Å². The van der Waals surface area contributed by atoms with Crippen molar-refractivity contribution in [2.24, 2.45) is 0 Å². The molecule has 114 valence electrons. The first-order chi connectivity index (χ1) is 9.40. The van der Waals surface area contributed by atoms with Crippen LogP contribution in [0.5, 0.6) is 0 Å². The van der Waals surface area contributed by atoms with Crippen molar-refractivity contribution in [2.75, 3.05) is 20.3 Å². The Kier molecular flexibility index (Phi) is 6.20. The topological polar surface area (TPSA) is 53.3 Å². The van der Waals surface area contributed by atoms with E-state index in [1.807, 2.05) is 13.0 Å². The number of carbonyl (C=O) groups excluding carboxylic acids is 1. The Bertz CT molecular complexity index is 433. The lowest BCUT2D eigenvalue weighted by atomic mass is 9.92. The first-order valence-corrected chi connectivity index (χ1v) is 7.14. The van der Waals surface area contributed by atoms with Crippen molar-refractivity contribution in [1.82, 2.24) is 9.78 Å². The molecule has 5 nitrogen and oxygen atoms in total. The molecule has 0 radical (unpaired) electrons. The van der Waals surface area contributed by atoms with Crippen LogP contribution in [0.25, 0.3) is 0 Å². The average Bonchev–Trinajstić information content (AvgIpc) is 2.79. The van der Waals surface area contributed by atoms with Gasteiger partial charge in [0.2, 0.25) is 0 Å². The summed E-state index contributed by atoms with van der Waals surface area (Å²) in [5.74, 6) is -0.303. The number of aromatic nitrogens is 2. The molecule has 1 rings (SSSR count). The fourth-order valence-corrected chi connectivity index (χ4v) is 1.83. The van der Waals surface area contributed by atoms with Crippen LogP contribution in [0, 0.1) is 0 Å². The second kappa shape index (κ2) is 7.43. The molecule has 0 saturated heterocycles. The number of hydrogen-bond donors (Lipinski definition) is 0. The lowest BCUT2D eigenvalue weighted by Gasteiger charge is -2.14. The van der Waals surface area contributed by atoms with Crippen molar-refractivity contribution in [2.45, 2.75) is 52.5 Å². The molecule has 0 N–H and O–H groups in total. The molecule has 0 atom stereocenters. The van der Waals surface area contributed by atoms with Crippen molar-refractivity contribution in [3.05, 3.63) is 17.5 Å². The number of unbranched alkanes of at least 4 members (excludes halogenated alkanes) is 1. The molecule has 0 saturated carbocycles. The number of esters is 1. The van der Waals surface area contributed by atoms with Gasteiger partial charge in [-0.3, -0.25) is 4.68 Å². The molecule has 0 aliphatic heterocycles. The number of carbonyl (C=O) groups is 1. The molecule has 1 aromatic rings. The highest BCUT2D eigenvalue weighted by Crippen LogP contribution is 2.22. The van der Waals surface area contributed by atoms with E-state index < -0.39 is 0 Å². The molecule has 1 heterocycles. The van der Waals surface area contributed by atoms with Crippen LogP contribution in [0.15, 0.2) is 6.07 Å². The second-order valence-corrected chi connectivity index (χ2v) is 5.81. The summed E-state index contributed by atoms with van der Waals surface area (Å²) in [6.07, 6.45) is 1.87. The maximum atomic E-state index is 12.0. The lowest BCUT2D eigenvalue weighted by molar-refractivity contribution is 0.0511. The molecule has 0 fully saturated rings. The smallest absolute Gasteiger partial charge is 0.356 e. The van der Waals surface area contributed by atoms with Crippen molar-refractivity contribution in [3.8, 4) is 0 Å². The number of nitrogens with zero attached hydrogens (tertiary/aromatic N) is 2. The molecular formula is C15H26N2O3. The fourth-order valence-electron chi connectivity index (χ4n) is 1.83. The predicted molar refractivity (Wildman–Crippen MR) is 78.0 cm³/mol. The van der Waals surface area contributed by atoms with Crippen LogP contribution < -0.4 is 0 Å². The minimum absolute atomic E-state index is 0.0843. The van der Waals surface area contributed by atoms with Gasteiger partial charge in [-0.1, -0.05) is 20.8 Å². The van der Waals surface area contributed by atoms with E-state index in [1.54, 1.807) is 11.8 Å². The second-order valence-electron chi connectivity index (χ2n) is 5.81. The van der Waals surface area contributed by atoms with Gasteiger partial charge >= 0.3 is 5.97 Å². The first kappa shape index (κ1) is 16.7. The fraction of sp³-hybridized carbons (Fsp3) is 0.733. The van der Waals surface area contributed by atoms with E-state index in [4.69, 9.17) is 9.47 Å². The highest BCUT2D eigenvalue weighted by atomic mass is 16.5. The molecule has 1 aromatic heterocycles. The van der Waals surface area contributed by atoms with Gasteiger partial charge in [-0.15, -0.1) is 0 Å². The van der Waals surface area contributed by atoms with Crippen LogP contribution >= 0.6 is 0 Å². The summed E-state index contributed by atoms with van der Waals surface area (Å²) in [5, 5.41) is 4.56. The standard InChI is InChI=1S/C15H26N2O3/c1-6-20-14(18)12-11-13(15(2,3)4)16-17(12)9-7-8-10-19-5/h11H,6-10H2,1-5H3. The van der Waals surface area contributed by atoms with Gasteiger partial charge in [-0.25, -0.2) is 4.79 Å². The van der Waals surface area contributed by atoms with E-state index >= 15 is 0 Å². The highest BCUT2D eigenvalue weighted by molar-refractivity contribution is 5.87. The SMILES string of the molecule is CCOC(=O)c1cc(C(C)(C)C)nn1CCCCOC. The largest absolute Gasteiger partial charge is 0.461 e. The normalized spacial score (nSPS) is 11.7. The lowest BCUT2D eigenvalue weighted by Crippen LogP contribution is -2.15. The summed E-state index contributed by atoms with van der Waals surface area (Å²) in [5.41, 5.74) is 1.36. The summed E-state index contributed by atoms with van der Waals surface area (Å²) in [7, 11) is 1.69. The maximum absolute atomic E-state index is 12.0. The molecule has 0 aromatic carbocycles. The number of ether oxygens (including phenoxy) is 2. The maximum Gasteiger partial charge on any atom is 0.356 e. The van der Waals surface area contributed by atoms with Gasteiger partial charge in [0.1, 0.15) is 5.69 Å². The van der Waals surface area contributed by atoms with E-state index in [-0.39, 0.29) is 11.4 Å². The number of aryl methyl sites for hydroxylation is 1. The van der Waals surface area contributed by atoms with Gasteiger partial charge < -0.3 is 9.47 Å². The van der Waals surface area contributed by atoms with E-state index in [0.717, 1.165) is 25.1 Å². The summed E-state index contributed by atoms with van der Waals surface area (Å²) in [6.45, 7) is 9.86. The molecule has 20 heavy (non-hydrogen) atoms. The summed E-state index contributed by atoms with van der Waals surface area (Å²) < 4.78 is 11.9. The Balaban J connectivity index is 2.88. The van der Waals surface area contributed by atoms with Gasteiger partial charge in [0.05, 0.1) is 12.3 Å². The highest BCUT2D eigenvalue weighted by Gasteiger charge is 2.23. The van der Waals surface area contributed by atoms with Crippen molar-refractivity contribution in [3.63, 3.8) is 0 Å². The molecule has 0 aliphatic rings. The van der Waals surface area contributed by atoms with Crippen LogP contribution in [-0.2, 0) is 21.4 Å². The molecule has 5 heteroatoms. The summed E-state index contributed by atoms with van der Waals surface area (Å²) in [4.78, 5) is 12.0. The van der Waals surface area contributed by atoms with Crippen LogP contribution in [0.2, 0.25) is 0 Å². The van der Waals surface area contributed by atoms with Gasteiger partial charge in [0, 0.05) is 25.7 Å². The quantitative estimate of drug-likeness (QED) is 0.570. The van der Waals surface area contributed by atoms with Crippen molar-refractivity contribution in [1.29, 1.82) is 0 Å².